The van der Waals surface area contributed by atoms with Gasteiger partial charge in [0.15, 0.2) is 0 Å². The molecule has 0 amide bonds. The minimum atomic E-state index is 0.834. The summed E-state index contributed by atoms with van der Waals surface area (Å²) in [4.78, 5) is 0. The van der Waals surface area contributed by atoms with Gasteiger partial charge in [0.2, 0.25) is 0 Å². The first-order valence-electron chi connectivity index (χ1n) is 14.1. The molecule has 4 aromatic carbocycles. The topological polar surface area (TPSA) is 66.8 Å². The van der Waals surface area contributed by atoms with Gasteiger partial charge in [0.05, 0.1) is 11.0 Å². The molecule has 0 spiro atoms. The minimum Gasteiger partial charge on any atom is -0.404 e. The molecule has 0 saturated carbocycles. The molecule has 4 nitrogen and oxygen atoms in total. The van der Waals surface area contributed by atoms with Crippen LogP contribution in [0.4, 0.5) is 0 Å². The second-order valence-electron chi connectivity index (χ2n) is 10.1. The van der Waals surface area contributed by atoms with Crippen molar-refractivity contribution in [2.45, 2.75) is 13.8 Å². The Bertz CT molecular complexity index is 1930. The summed E-state index contributed by atoms with van der Waals surface area (Å²) in [5, 5.41) is 15.6. The van der Waals surface area contributed by atoms with Gasteiger partial charge >= 0.3 is 0 Å². The van der Waals surface area contributed by atoms with Gasteiger partial charge in [0.1, 0.15) is 0 Å². The van der Waals surface area contributed by atoms with Crippen molar-refractivity contribution in [1.29, 1.82) is 5.41 Å². The normalized spacial score (nSPS) is 13.6. The largest absolute Gasteiger partial charge is 0.404 e. The Kier molecular flexibility index (Phi) is 8.64. The molecule has 0 bridgehead atoms. The third-order valence-electron chi connectivity index (χ3n) is 7.38. The van der Waals surface area contributed by atoms with Gasteiger partial charge in [-0.3, -0.25) is 0 Å². The summed E-state index contributed by atoms with van der Waals surface area (Å²) in [6.45, 7) is 8.83. The van der Waals surface area contributed by atoms with E-state index in [1.54, 1.807) is 12.3 Å². The lowest BCUT2D eigenvalue weighted by Gasteiger charge is -2.11. The van der Waals surface area contributed by atoms with Gasteiger partial charge in [-0.2, -0.15) is 0 Å². The van der Waals surface area contributed by atoms with Crippen LogP contribution in [0.5, 0.6) is 0 Å². The number of para-hydroxylation sites is 1. The molecule has 0 unspecified atom stereocenters. The summed E-state index contributed by atoms with van der Waals surface area (Å²) in [7, 11) is 0. The average molecular weight is 549 g/mol. The monoisotopic (exact) mass is 548 g/mol. The lowest BCUT2D eigenvalue weighted by molar-refractivity contribution is 0.891. The molecule has 42 heavy (non-hydrogen) atoms. The van der Waals surface area contributed by atoms with Crippen LogP contribution >= 0.6 is 0 Å². The van der Waals surface area contributed by atoms with Crippen LogP contribution in [0.15, 0.2) is 140 Å². The minimum absolute atomic E-state index is 0.834. The second kappa shape index (κ2) is 12.9. The van der Waals surface area contributed by atoms with Gasteiger partial charge in [-0.15, -0.1) is 0 Å². The summed E-state index contributed by atoms with van der Waals surface area (Å²) in [5.74, 6) is 0. The van der Waals surface area contributed by atoms with Crippen LogP contribution in [0.2, 0.25) is 0 Å². The van der Waals surface area contributed by atoms with Crippen molar-refractivity contribution in [2.24, 2.45) is 5.73 Å². The molecule has 0 radical (unpaired) electrons. The van der Waals surface area contributed by atoms with Crippen LogP contribution in [-0.4, -0.2) is 17.3 Å². The van der Waals surface area contributed by atoms with E-state index in [0.717, 1.165) is 45.4 Å². The molecule has 208 valence electrons. The summed E-state index contributed by atoms with van der Waals surface area (Å²) >= 11 is 0. The molecule has 0 fully saturated rings. The quantitative estimate of drug-likeness (QED) is 0.146. The predicted molar refractivity (Wildman–Crippen MR) is 183 cm³/mol. The lowest BCUT2D eigenvalue weighted by atomic mass is 9.99. The van der Waals surface area contributed by atoms with E-state index in [2.05, 4.69) is 114 Å². The Morgan fingerprint density at radius 1 is 0.929 bits per heavy atom. The van der Waals surface area contributed by atoms with Crippen LogP contribution in [0.3, 0.4) is 0 Å². The maximum absolute atomic E-state index is 7.80. The van der Waals surface area contributed by atoms with Gasteiger partial charge in [-0.1, -0.05) is 97.6 Å². The Morgan fingerprint density at radius 2 is 1.67 bits per heavy atom. The van der Waals surface area contributed by atoms with Crippen molar-refractivity contribution in [3.05, 3.63) is 151 Å². The van der Waals surface area contributed by atoms with Crippen LogP contribution < -0.4 is 11.1 Å². The van der Waals surface area contributed by atoms with E-state index >= 15 is 0 Å². The molecule has 2 heterocycles. The summed E-state index contributed by atoms with van der Waals surface area (Å²) in [5.41, 5.74) is 14.5. The van der Waals surface area contributed by atoms with E-state index in [4.69, 9.17) is 11.1 Å². The molecular weight excluding hydrogens is 512 g/mol. The summed E-state index contributed by atoms with van der Waals surface area (Å²) < 4.78 is 2.34. The van der Waals surface area contributed by atoms with Crippen molar-refractivity contribution in [3.63, 3.8) is 0 Å². The molecule has 0 atom stereocenters. The fourth-order valence-electron chi connectivity index (χ4n) is 5.38. The first-order valence-corrected chi connectivity index (χ1v) is 14.1. The Morgan fingerprint density at radius 3 is 2.29 bits per heavy atom. The number of hydrogen-bond acceptors (Lipinski definition) is 3. The molecular formula is C38H36N4. The highest BCUT2D eigenvalue weighted by Gasteiger charge is 2.16. The van der Waals surface area contributed by atoms with Crippen molar-refractivity contribution in [3.8, 4) is 5.69 Å². The maximum Gasteiger partial charge on any atom is 0.0619 e. The number of nitrogens with zero attached hydrogens (tertiary/aromatic N) is 1. The van der Waals surface area contributed by atoms with Crippen LogP contribution in [0, 0.1) is 5.41 Å². The number of aromatic nitrogens is 1. The molecule has 4 heteroatoms. The van der Waals surface area contributed by atoms with E-state index in [-0.39, 0.29) is 0 Å². The fraction of sp³-hybridized carbons (Fsp3) is 0.0789. The number of rotatable bonds is 6. The first kappa shape index (κ1) is 28.2. The molecule has 4 N–H and O–H groups in total. The number of fused-ring (bicyclic) bond motifs is 5. The lowest BCUT2D eigenvalue weighted by Crippen LogP contribution is -2.12. The van der Waals surface area contributed by atoms with Crippen molar-refractivity contribution in [2.75, 3.05) is 6.54 Å². The molecule has 1 aliphatic heterocycles. The molecule has 0 aliphatic carbocycles. The Balaban J connectivity index is 0.000000442. The molecule has 0 saturated heterocycles. The first-order chi connectivity index (χ1) is 20.6. The van der Waals surface area contributed by atoms with Gasteiger partial charge in [0, 0.05) is 46.5 Å². The van der Waals surface area contributed by atoms with E-state index in [1.807, 2.05) is 31.2 Å². The number of nitrogens with one attached hydrogen (secondary N) is 2. The molecule has 1 aromatic heterocycles. The highest BCUT2D eigenvalue weighted by atomic mass is 15.0. The third-order valence-corrected chi connectivity index (χ3v) is 7.38. The van der Waals surface area contributed by atoms with E-state index < -0.39 is 0 Å². The zero-order valence-corrected chi connectivity index (χ0v) is 24.1. The number of benzene rings is 4. The fourth-order valence-corrected chi connectivity index (χ4v) is 5.38. The smallest absolute Gasteiger partial charge is 0.0619 e. The molecule has 6 rings (SSSR count). The highest BCUT2D eigenvalue weighted by molar-refractivity contribution is 6.19. The zero-order valence-electron chi connectivity index (χ0n) is 24.1. The van der Waals surface area contributed by atoms with Crippen LogP contribution in [0.1, 0.15) is 25.0 Å². The second-order valence-corrected chi connectivity index (χ2v) is 10.1. The number of nitrogens with two attached hydrogens (primary N) is 1. The van der Waals surface area contributed by atoms with Gasteiger partial charge < -0.3 is 21.0 Å². The van der Waals surface area contributed by atoms with Crippen molar-refractivity contribution < 1.29 is 0 Å². The number of hydrogen-bond donors (Lipinski definition) is 3. The number of dihydropyridines is 1. The van der Waals surface area contributed by atoms with Crippen molar-refractivity contribution in [1.82, 2.24) is 9.88 Å². The van der Waals surface area contributed by atoms with Gasteiger partial charge in [-0.25, -0.2) is 0 Å². The van der Waals surface area contributed by atoms with Crippen LogP contribution in [-0.2, 0) is 0 Å². The summed E-state index contributed by atoms with van der Waals surface area (Å²) in [6.07, 6.45) is 16.9. The van der Waals surface area contributed by atoms with E-state index in [0.29, 0.717) is 0 Å². The number of allylic oxidation sites excluding steroid dienone is 9. The molecule has 5 aromatic rings. The van der Waals surface area contributed by atoms with E-state index in [1.165, 1.54) is 33.6 Å². The van der Waals surface area contributed by atoms with Gasteiger partial charge in [-0.05, 0) is 71.8 Å². The van der Waals surface area contributed by atoms with Crippen LogP contribution in [0.25, 0.3) is 49.4 Å². The molecule has 1 aliphatic rings. The predicted octanol–water partition coefficient (Wildman–Crippen LogP) is 9.08. The third kappa shape index (κ3) is 5.61. The van der Waals surface area contributed by atoms with E-state index in [9.17, 15) is 0 Å². The SMILES string of the molecule is C=C/C=C(\C=N)c1ccc2c(ccc3c4ccc(C(/C=C\C)=C/N)cc4n(-c4ccccc4)c23)c1.CC1=CC=CCN1. The Labute approximate surface area is 247 Å². The zero-order chi connectivity index (χ0) is 29.5. The average Bonchev–Trinajstić information content (AvgIpc) is 3.37. The Hall–Kier alpha value is -5.35. The van der Waals surface area contributed by atoms with Gasteiger partial charge in [0.25, 0.3) is 0 Å². The maximum atomic E-state index is 7.80. The summed E-state index contributed by atoms with van der Waals surface area (Å²) in [6, 6.07) is 27.8. The standard InChI is InChI=1S/C32H27N3.C6H9N/c1-3-8-25(20-33)22-12-15-28-24(18-22)14-17-30-29-16-13-23(26(21-34)9-4-2)19-31(29)35(32(28)30)27-10-6-5-7-11-27;1-6-4-2-3-5-7-6/h3-21,33H,1,34H2,2H3;2-4,7H,5H2,1H3/b9-4-,25-8+,26-21+,33-20?;. The highest BCUT2D eigenvalue weighted by Crippen LogP contribution is 2.38. The van der Waals surface area contributed by atoms with Crippen molar-refractivity contribution >= 4 is 49.9 Å².